The van der Waals surface area contributed by atoms with Crippen molar-refractivity contribution in [2.75, 3.05) is 6.61 Å². The Balaban J connectivity index is -0.000000997. The maximum atomic E-state index is 8.88. The molecule has 0 aliphatic carbocycles. The van der Waals surface area contributed by atoms with Crippen LogP contribution < -0.4 is 0 Å². The van der Waals surface area contributed by atoms with E-state index in [1.807, 2.05) is 0 Å². The van der Waals surface area contributed by atoms with E-state index < -0.39 is 7.82 Å². The first-order valence-corrected chi connectivity index (χ1v) is 13.4. The van der Waals surface area contributed by atoms with E-state index in [2.05, 4.69) is 6.92 Å². The van der Waals surface area contributed by atoms with Crippen molar-refractivity contribution in [1.82, 2.24) is 0 Å². The molecule has 0 atom stereocenters. The van der Waals surface area contributed by atoms with E-state index in [1.54, 1.807) is 0 Å². The molecule has 0 radical (unpaired) electrons. The molecule has 0 spiro atoms. The van der Waals surface area contributed by atoms with Gasteiger partial charge in [-0.3, -0.25) is 0 Å². The molecule has 29 heavy (non-hydrogen) atoms. The van der Waals surface area contributed by atoms with Gasteiger partial charge in [0.05, 0.1) is 0 Å². The van der Waals surface area contributed by atoms with Gasteiger partial charge in [-0.1, -0.05) is 129 Å². The van der Waals surface area contributed by atoms with Crippen molar-refractivity contribution in [1.29, 1.82) is 0 Å². The summed E-state index contributed by atoms with van der Waals surface area (Å²) in [6.07, 6.45) is 28.1. The van der Waals surface area contributed by atoms with Crippen molar-refractivity contribution in [2.45, 2.75) is 135 Å². The fourth-order valence-electron chi connectivity index (χ4n) is 3.37. The van der Waals surface area contributed by atoms with Gasteiger partial charge in [0.25, 0.3) is 0 Å². The number of aliphatic hydroxyl groups is 1. The van der Waals surface area contributed by atoms with Crippen LogP contribution in [0.1, 0.15) is 135 Å². The Morgan fingerprint density at radius 2 is 0.655 bits per heavy atom. The van der Waals surface area contributed by atoms with Crippen LogP contribution in [0.2, 0.25) is 0 Å². The molecule has 0 saturated carbocycles. The molecule has 0 aromatic heterocycles. The van der Waals surface area contributed by atoms with Crippen LogP contribution in [-0.2, 0) is 4.57 Å². The molecule has 0 aliphatic heterocycles. The molecular formula is C22H50KO5P. The van der Waals surface area contributed by atoms with Crippen LogP contribution in [-0.4, -0.2) is 77.8 Å². The fourth-order valence-corrected chi connectivity index (χ4v) is 3.37. The minimum absolute atomic E-state index is 0. The van der Waals surface area contributed by atoms with Gasteiger partial charge < -0.3 is 19.8 Å². The Morgan fingerprint density at radius 1 is 0.483 bits per heavy atom. The van der Waals surface area contributed by atoms with E-state index in [0.29, 0.717) is 6.61 Å². The topological polar surface area (TPSA) is 98.0 Å². The molecule has 0 saturated heterocycles. The van der Waals surface area contributed by atoms with Crippen LogP contribution in [0.25, 0.3) is 0 Å². The van der Waals surface area contributed by atoms with Crippen LogP contribution >= 0.6 is 7.82 Å². The summed E-state index contributed by atoms with van der Waals surface area (Å²) in [4.78, 5) is 21.6. The van der Waals surface area contributed by atoms with E-state index in [9.17, 15) is 0 Å². The quantitative estimate of drug-likeness (QED) is 0.0973. The summed E-state index contributed by atoms with van der Waals surface area (Å²) in [5.74, 6) is 0. The number of unbranched alkanes of at least 4 members (excludes halogenated alkanes) is 19. The monoisotopic (exact) mass is 464 g/mol. The van der Waals surface area contributed by atoms with E-state index >= 15 is 0 Å². The van der Waals surface area contributed by atoms with Crippen molar-refractivity contribution in [3.63, 3.8) is 0 Å². The Bertz CT molecular complexity index is 298. The van der Waals surface area contributed by atoms with Gasteiger partial charge in [-0.2, -0.15) is 0 Å². The minimum atomic E-state index is -4.64. The van der Waals surface area contributed by atoms with Gasteiger partial charge in [0.15, 0.2) is 0 Å². The Kier molecular flexibility index (Phi) is 36.2. The molecule has 0 fully saturated rings. The number of aliphatic hydroxyl groups excluding tert-OH is 1. The second-order valence-electron chi connectivity index (χ2n) is 7.95. The summed E-state index contributed by atoms with van der Waals surface area (Å²) in [6, 6.07) is 0. The van der Waals surface area contributed by atoms with Gasteiger partial charge in [0, 0.05) is 6.61 Å². The number of phosphoric acid groups is 1. The zero-order chi connectivity index (χ0) is 21.3. The average molecular weight is 465 g/mol. The van der Waals surface area contributed by atoms with Crippen molar-refractivity contribution in [3.8, 4) is 0 Å². The summed E-state index contributed by atoms with van der Waals surface area (Å²) in [5, 5.41) is 8.71. The summed E-state index contributed by atoms with van der Waals surface area (Å²) in [5.41, 5.74) is 0. The van der Waals surface area contributed by atoms with Gasteiger partial charge in [0.2, 0.25) is 0 Å². The van der Waals surface area contributed by atoms with Crippen LogP contribution in [0.3, 0.4) is 0 Å². The van der Waals surface area contributed by atoms with Crippen molar-refractivity contribution < 1.29 is 24.4 Å². The van der Waals surface area contributed by atoms with Gasteiger partial charge in [0.1, 0.15) is 0 Å². The summed E-state index contributed by atoms with van der Waals surface area (Å²) in [6.45, 7) is 2.67. The molecule has 174 valence electrons. The molecule has 0 unspecified atom stereocenters. The van der Waals surface area contributed by atoms with E-state index in [-0.39, 0.29) is 51.4 Å². The Hall–Kier alpha value is 1.71. The molecule has 0 aromatic carbocycles. The molecule has 0 bridgehead atoms. The van der Waals surface area contributed by atoms with Crippen LogP contribution in [0.4, 0.5) is 0 Å². The van der Waals surface area contributed by atoms with Crippen molar-refractivity contribution in [3.05, 3.63) is 0 Å². The first-order chi connectivity index (χ1) is 13.4. The third-order valence-electron chi connectivity index (χ3n) is 5.01. The van der Waals surface area contributed by atoms with Crippen LogP contribution in [0.5, 0.6) is 0 Å². The summed E-state index contributed by atoms with van der Waals surface area (Å²) >= 11 is 0. The van der Waals surface area contributed by atoms with E-state index in [4.69, 9.17) is 24.4 Å². The number of hydrogen-bond donors (Lipinski definition) is 4. The molecular weight excluding hydrogens is 414 g/mol. The standard InChI is InChI=1S/C22H46O.K.H3O4P.H/c1-2-3-4-5-6-7-8-9-10-11-12-13-14-15-16-17-18-19-20-21-22-23;;1-5(2,3)4;/h23H,2-22H2,1H3;;(H3,1,2,3,4);. The maximum absolute atomic E-state index is 8.88. The van der Waals surface area contributed by atoms with Crippen molar-refractivity contribution in [2.24, 2.45) is 0 Å². The number of hydrogen-bond acceptors (Lipinski definition) is 2. The molecule has 5 nitrogen and oxygen atoms in total. The summed E-state index contributed by atoms with van der Waals surface area (Å²) < 4.78 is 8.88. The molecule has 0 amide bonds. The van der Waals surface area contributed by atoms with Crippen LogP contribution in [0.15, 0.2) is 0 Å². The van der Waals surface area contributed by atoms with Crippen LogP contribution in [0, 0.1) is 0 Å². The van der Waals surface area contributed by atoms with Crippen molar-refractivity contribution >= 4 is 59.2 Å². The molecule has 0 aliphatic rings. The predicted molar refractivity (Wildman–Crippen MR) is 127 cm³/mol. The molecule has 4 N–H and O–H groups in total. The normalized spacial score (nSPS) is 10.9. The molecule has 7 heteroatoms. The Labute approximate surface area is 223 Å². The van der Waals surface area contributed by atoms with E-state index in [1.165, 1.54) is 122 Å². The third kappa shape index (κ3) is 48.4. The molecule has 0 rings (SSSR count). The van der Waals surface area contributed by atoms with Gasteiger partial charge >= 0.3 is 59.2 Å². The SMILES string of the molecule is CCCCCCCCCCCCCCCCCCCCCCO.O=P(O)(O)O.[KH]. The first kappa shape index (κ1) is 35.3. The van der Waals surface area contributed by atoms with Gasteiger partial charge in [-0.25, -0.2) is 4.57 Å². The zero-order valence-corrected chi connectivity index (χ0v) is 19.4. The molecule has 0 aromatic rings. The third-order valence-corrected chi connectivity index (χ3v) is 5.01. The number of rotatable bonds is 20. The Morgan fingerprint density at radius 3 is 0.828 bits per heavy atom. The predicted octanol–water partition coefficient (Wildman–Crippen LogP) is 6.22. The average Bonchev–Trinajstić information content (AvgIpc) is 2.62. The summed E-state index contributed by atoms with van der Waals surface area (Å²) in [7, 11) is -4.64. The zero-order valence-electron chi connectivity index (χ0n) is 18.5. The van der Waals surface area contributed by atoms with Gasteiger partial charge in [-0.05, 0) is 6.42 Å². The fraction of sp³-hybridized carbons (Fsp3) is 1.00. The van der Waals surface area contributed by atoms with Gasteiger partial charge in [-0.15, -0.1) is 0 Å². The van der Waals surface area contributed by atoms with E-state index in [0.717, 1.165) is 6.42 Å². The second-order valence-corrected chi connectivity index (χ2v) is 8.98. The second kappa shape index (κ2) is 29.7. The first-order valence-electron chi connectivity index (χ1n) is 11.8. The molecule has 0 heterocycles.